The van der Waals surface area contributed by atoms with Gasteiger partial charge in [-0.1, -0.05) is 34.1 Å². The van der Waals surface area contributed by atoms with Crippen LogP contribution in [0.25, 0.3) is 6.08 Å². The Kier molecular flexibility index (Phi) is 7.15. The lowest BCUT2D eigenvalue weighted by molar-refractivity contribution is -0.141. The molecule has 1 unspecified atom stereocenters. The molecule has 1 atom stereocenters. The highest BCUT2D eigenvalue weighted by Crippen LogP contribution is 2.20. The van der Waals surface area contributed by atoms with E-state index in [-0.39, 0.29) is 11.3 Å². The number of carbonyl (C=O) groups excluding carboxylic acids is 2. The van der Waals surface area contributed by atoms with E-state index in [1.54, 1.807) is 49.4 Å². The van der Waals surface area contributed by atoms with Crippen molar-refractivity contribution in [2.45, 2.75) is 13.0 Å². The number of hydrogen-bond acceptors (Lipinski definition) is 6. The molecule has 7 heteroatoms. The van der Waals surface area contributed by atoms with Crippen LogP contribution in [-0.2, 0) is 14.3 Å². The first kappa shape index (κ1) is 20.2. The van der Waals surface area contributed by atoms with Gasteiger partial charge >= 0.3 is 11.9 Å². The van der Waals surface area contributed by atoms with Crippen molar-refractivity contribution in [2.24, 2.45) is 0 Å². The van der Waals surface area contributed by atoms with Crippen LogP contribution < -0.4 is 9.47 Å². The lowest BCUT2D eigenvalue weighted by Gasteiger charge is -2.14. The van der Waals surface area contributed by atoms with E-state index in [1.807, 2.05) is 6.07 Å². The first-order valence-electron chi connectivity index (χ1n) is 7.87. The van der Waals surface area contributed by atoms with Gasteiger partial charge in [-0.15, -0.1) is 0 Å². The van der Waals surface area contributed by atoms with Crippen molar-refractivity contribution in [3.63, 3.8) is 0 Å². The van der Waals surface area contributed by atoms with E-state index >= 15 is 0 Å². The van der Waals surface area contributed by atoms with Gasteiger partial charge in [0.2, 0.25) is 0 Å². The molecular formula is C20H16BrNO5. The lowest BCUT2D eigenvalue weighted by atomic mass is 10.1. The van der Waals surface area contributed by atoms with Crippen molar-refractivity contribution in [2.75, 3.05) is 7.11 Å². The standard InChI is InChI=1S/C20H16BrNO5/c1-13(26-18-8-4-6-16(21)11-18)19(23)27-17-7-3-5-14(10-17)9-15(12-22)20(24)25-2/h3-11,13H,1-2H3/b15-9+. The van der Waals surface area contributed by atoms with Gasteiger partial charge in [0, 0.05) is 4.47 Å². The van der Waals surface area contributed by atoms with E-state index in [0.717, 1.165) is 4.47 Å². The SMILES string of the molecule is COC(=O)/C(C#N)=C/c1cccc(OC(=O)C(C)Oc2cccc(Br)c2)c1. The van der Waals surface area contributed by atoms with Crippen LogP contribution in [-0.4, -0.2) is 25.2 Å². The van der Waals surface area contributed by atoms with E-state index < -0.39 is 18.0 Å². The molecule has 2 rings (SSSR count). The predicted molar refractivity (Wildman–Crippen MR) is 102 cm³/mol. The Morgan fingerprint density at radius 3 is 2.52 bits per heavy atom. The van der Waals surface area contributed by atoms with Crippen molar-refractivity contribution >= 4 is 33.9 Å². The molecule has 138 valence electrons. The molecule has 0 aliphatic rings. The molecule has 0 fully saturated rings. The van der Waals surface area contributed by atoms with Crippen LogP contribution in [0.3, 0.4) is 0 Å². The molecule has 0 heterocycles. The Morgan fingerprint density at radius 2 is 1.85 bits per heavy atom. The van der Waals surface area contributed by atoms with Gasteiger partial charge in [0.15, 0.2) is 6.10 Å². The summed E-state index contributed by atoms with van der Waals surface area (Å²) in [5.41, 5.74) is 0.357. The highest BCUT2D eigenvalue weighted by atomic mass is 79.9. The van der Waals surface area contributed by atoms with Gasteiger partial charge in [0.25, 0.3) is 0 Å². The third kappa shape index (κ3) is 5.97. The zero-order valence-electron chi connectivity index (χ0n) is 14.6. The first-order valence-corrected chi connectivity index (χ1v) is 8.66. The van der Waals surface area contributed by atoms with Crippen molar-refractivity contribution in [1.29, 1.82) is 5.26 Å². The van der Waals surface area contributed by atoms with Crippen molar-refractivity contribution in [1.82, 2.24) is 0 Å². The number of ether oxygens (including phenoxy) is 3. The average Bonchev–Trinajstić information content (AvgIpc) is 2.65. The highest BCUT2D eigenvalue weighted by Gasteiger charge is 2.18. The summed E-state index contributed by atoms with van der Waals surface area (Å²) >= 11 is 3.33. The van der Waals surface area contributed by atoms with Gasteiger partial charge in [-0.25, -0.2) is 9.59 Å². The molecule has 2 aromatic rings. The molecule has 0 amide bonds. The molecule has 0 aliphatic heterocycles. The summed E-state index contributed by atoms with van der Waals surface area (Å²) in [6.45, 7) is 1.58. The van der Waals surface area contributed by atoms with Crippen LogP contribution in [0.15, 0.2) is 58.6 Å². The van der Waals surface area contributed by atoms with Gasteiger partial charge in [-0.05, 0) is 48.9 Å². The Bertz CT molecular complexity index is 917. The van der Waals surface area contributed by atoms with E-state index in [1.165, 1.54) is 19.3 Å². The van der Waals surface area contributed by atoms with Crippen LogP contribution in [0, 0.1) is 11.3 Å². The van der Waals surface area contributed by atoms with Crippen molar-refractivity contribution in [3.05, 3.63) is 64.1 Å². The number of halogens is 1. The van der Waals surface area contributed by atoms with Gasteiger partial charge in [0.1, 0.15) is 23.1 Å². The number of hydrogen-bond donors (Lipinski definition) is 0. The summed E-state index contributed by atoms with van der Waals surface area (Å²) in [6.07, 6.45) is 0.521. The summed E-state index contributed by atoms with van der Waals surface area (Å²) in [5, 5.41) is 9.01. The fourth-order valence-electron chi connectivity index (χ4n) is 2.07. The number of benzene rings is 2. The van der Waals surface area contributed by atoms with Gasteiger partial charge in [-0.2, -0.15) is 5.26 Å². The molecule has 27 heavy (non-hydrogen) atoms. The Hall–Kier alpha value is -3.11. The van der Waals surface area contributed by atoms with Crippen LogP contribution in [0.4, 0.5) is 0 Å². The maximum absolute atomic E-state index is 12.2. The van der Waals surface area contributed by atoms with Gasteiger partial charge in [0.05, 0.1) is 7.11 Å². The molecule has 2 aromatic carbocycles. The summed E-state index contributed by atoms with van der Waals surface area (Å²) in [5.74, 6) is -0.525. The second-order valence-corrected chi connectivity index (χ2v) is 6.29. The second-order valence-electron chi connectivity index (χ2n) is 5.37. The Morgan fingerprint density at radius 1 is 1.15 bits per heavy atom. The van der Waals surface area contributed by atoms with Crippen LogP contribution >= 0.6 is 15.9 Å². The molecule has 0 saturated heterocycles. The number of methoxy groups -OCH3 is 1. The lowest BCUT2D eigenvalue weighted by Crippen LogP contribution is -2.28. The minimum Gasteiger partial charge on any atom is -0.479 e. The number of rotatable bonds is 6. The molecule has 0 aliphatic carbocycles. The quantitative estimate of drug-likeness (QED) is 0.299. The molecule has 0 N–H and O–H groups in total. The minimum atomic E-state index is -0.830. The number of nitrogens with zero attached hydrogens (tertiary/aromatic N) is 1. The normalized spacial score (nSPS) is 11.9. The van der Waals surface area contributed by atoms with Crippen LogP contribution in [0.5, 0.6) is 11.5 Å². The summed E-state index contributed by atoms with van der Waals surface area (Å²) in [4.78, 5) is 23.7. The van der Waals surface area contributed by atoms with E-state index in [0.29, 0.717) is 11.3 Å². The molecule has 0 aromatic heterocycles. The van der Waals surface area contributed by atoms with Crippen LogP contribution in [0.2, 0.25) is 0 Å². The predicted octanol–water partition coefficient (Wildman–Crippen LogP) is 3.90. The molecule has 0 saturated carbocycles. The molecule has 0 radical (unpaired) electrons. The maximum Gasteiger partial charge on any atom is 0.352 e. The zero-order chi connectivity index (χ0) is 19.8. The molecule has 6 nitrogen and oxygen atoms in total. The summed E-state index contributed by atoms with van der Waals surface area (Å²) in [7, 11) is 1.19. The molecule has 0 bridgehead atoms. The number of esters is 2. The minimum absolute atomic E-state index is 0.160. The zero-order valence-corrected chi connectivity index (χ0v) is 16.2. The molecule has 0 spiro atoms. The number of carbonyl (C=O) groups is 2. The largest absolute Gasteiger partial charge is 0.479 e. The summed E-state index contributed by atoms with van der Waals surface area (Å²) in [6, 6.07) is 15.3. The van der Waals surface area contributed by atoms with E-state index in [2.05, 4.69) is 20.7 Å². The smallest absolute Gasteiger partial charge is 0.352 e. The third-order valence-electron chi connectivity index (χ3n) is 3.35. The van der Waals surface area contributed by atoms with Crippen molar-refractivity contribution < 1.29 is 23.8 Å². The van der Waals surface area contributed by atoms with Gasteiger partial charge in [-0.3, -0.25) is 0 Å². The van der Waals surface area contributed by atoms with E-state index in [9.17, 15) is 9.59 Å². The fraction of sp³-hybridized carbons (Fsp3) is 0.150. The second kappa shape index (κ2) is 9.55. The van der Waals surface area contributed by atoms with Crippen LogP contribution in [0.1, 0.15) is 12.5 Å². The Balaban J connectivity index is 2.09. The monoisotopic (exact) mass is 429 g/mol. The fourth-order valence-corrected chi connectivity index (χ4v) is 2.45. The first-order chi connectivity index (χ1) is 12.9. The maximum atomic E-state index is 12.2. The molecular weight excluding hydrogens is 414 g/mol. The van der Waals surface area contributed by atoms with Crippen molar-refractivity contribution in [3.8, 4) is 17.6 Å². The van der Waals surface area contributed by atoms with E-state index in [4.69, 9.17) is 14.7 Å². The summed E-state index contributed by atoms with van der Waals surface area (Å²) < 4.78 is 16.2. The van der Waals surface area contributed by atoms with Gasteiger partial charge < -0.3 is 14.2 Å². The Labute approximate surface area is 165 Å². The number of nitriles is 1. The highest BCUT2D eigenvalue weighted by molar-refractivity contribution is 9.10. The third-order valence-corrected chi connectivity index (χ3v) is 3.85. The average molecular weight is 430 g/mol. The topological polar surface area (TPSA) is 85.6 Å².